The molecule has 1 unspecified atom stereocenters. The molecule has 2 amide bonds. The Balaban J connectivity index is 1.74. The quantitative estimate of drug-likeness (QED) is 0.847. The Hall–Kier alpha value is -2.48. The van der Waals surface area contributed by atoms with Gasteiger partial charge in [-0.25, -0.2) is 22.0 Å². The molecule has 0 bridgehead atoms. The number of carbonyl (C=O) groups excluding carboxylic acids is 1. The summed E-state index contributed by atoms with van der Waals surface area (Å²) in [4.78, 5) is 13.9. The molecule has 27 heavy (non-hydrogen) atoms. The summed E-state index contributed by atoms with van der Waals surface area (Å²) in [5.41, 5.74) is 0.872. The number of nitrogens with one attached hydrogen (secondary N) is 1. The van der Waals surface area contributed by atoms with Crippen molar-refractivity contribution < 1.29 is 22.0 Å². The summed E-state index contributed by atoms with van der Waals surface area (Å²) in [5, 5.41) is 2.60. The molecule has 144 valence electrons. The minimum Gasteiger partial charge on any atom is -0.323 e. The highest BCUT2D eigenvalue weighted by Crippen LogP contribution is 2.26. The predicted molar refractivity (Wildman–Crippen MR) is 100 cm³/mol. The van der Waals surface area contributed by atoms with Crippen LogP contribution in [0.15, 0.2) is 42.5 Å². The fourth-order valence-corrected chi connectivity index (χ4v) is 4.79. The number of benzene rings is 2. The zero-order valence-corrected chi connectivity index (χ0v) is 15.6. The highest BCUT2D eigenvalue weighted by atomic mass is 32.2. The zero-order chi connectivity index (χ0) is 19.6. The number of hydrogen-bond donors (Lipinski definition) is 1. The van der Waals surface area contributed by atoms with Gasteiger partial charge in [-0.3, -0.25) is 0 Å². The van der Waals surface area contributed by atoms with E-state index >= 15 is 0 Å². The number of nitrogens with zero attached hydrogens (tertiary/aromatic N) is 1. The van der Waals surface area contributed by atoms with Gasteiger partial charge in [0.1, 0.15) is 11.6 Å². The van der Waals surface area contributed by atoms with E-state index in [4.69, 9.17) is 0 Å². The van der Waals surface area contributed by atoms with E-state index in [2.05, 4.69) is 5.32 Å². The number of urea groups is 1. The van der Waals surface area contributed by atoms with Gasteiger partial charge in [0.25, 0.3) is 0 Å². The van der Waals surface area contributed by atoms with E-state index < -0.39 is 27.5 Å². The van der Waals surface area contributed by atoms with Gasteiger partial charge in [-0.1, -0.05) is 19.1 Å². The molecule has 1 atom stereocenters. The van der Waals surface area contributed by atoms with Crippen molar-refractivity contribution in [1.29, 1.82) is 0 Å². The predicted octanol–water partition coefficient (Wildman–Crippen LogP) is 3.53. The molecule has 2 aromatic rings. The van der Waals surface area contributed by atoms with Gasteiger partial charge >= 0.3 is 6.03 Å². The number of hydrogen-bond acceptors (Lipinski definition) is 3. The summed E-state index contributed by atoms with van der Waals surface area (Å²) >= 11 is 0. The van der Waals surface area contributed by atoms with Crippen LogP contribution in [0, 0.1) is 17.6 Å². The summed E-state index contributed by atoms with van der Waals surface area (Å²) in [5.74, 6) is -1.26. The Morgan fingerprint density at radius 1 is 1.19 bits per heavy atom. The first kappa shape index (κ1) is 19.3. The van der Waals surface area contributed by atoms with E-state index in [1.165, 1.54) is 35.2 Å². The first-order valence-corrected chi connectivity index (χ1v) is 10.4. The average molecular weight is 394 g/mol. The summed E-state index contributed by atoms with van der Waals surface area (Å²) in [6.07, 6.45) is 0. The first-order chi connectivity index (χ1) is 12.7. The van der Waals surface area contributed by atoms with Crippen molar-refractivity contribution in [3.05, 3.63) is 54.1 Å². The van der Waals surface area contributed by atoms with Crippen LogP contribution >= 0.6 is 0 Å². The number of carbonyl (C=O) groups is 1. The third kappa shape index (κ3) is 4.82. The Bertz CT molecular complexity index is 963. The van der Waals surface area contributed by atoms with Crippen molar-refractivity contribution >= 4 is 21.6 Å². The SMILES string of the molecule is CC1CN(C(=O)Nc2ccc(-c3cccc(F)c3)c(F)c2)CCS(=O)(=O)C1. The van der Waals surface area contributed by atoms with Gasteiger partial charge < -0.3 is 10.2 Å². The minimum atomic E-state index is -3.17. The molecule has 2 aromatic carbocycles. The maximum atomic E-state index is 14.4. The van der Waals surface area contributed by atoms with Gasteiger partial charge in [-0.15, -0.1) is 0 Å². The van der Waals surface area contributed by atoms with Gasteiger partial charge in [0.2, 0.25) is 0 Å². The van der Waals surface area contributed by atoms with Crippen LogP contribution < -0.4 is 5.32 Å². The third-order valence-corrected chi connectivity index (χ3v) is 6.27. The molecule has 5 nitrogen and oxygen atoms in total. The average Bonchev–Trinajstić information content (AvgIpc) is 2.72. The molecule has 1 aliphatic rings. The fraction of sp³-hybridized carbons (Fsp3) is 0.316. The van der Waals surface area contributed by atoms with Crippen LogP contribution in [-0.4, -0.2) is 43.9 Å². The van der Waals surface area contributed by atoms with E-state index in [9.17, 15) is 22.0 Å². The van der Waals surface area contributed by atoms with Crippen LogP contribution in [0.5, 0.6) is 0 Å². The Morgan fingerprint density at radius 3 is 2.67 bits per heavy atom. The Kier molecular flexibility index (Phi) is 5.46. The zero-order valence-electron chi connectivity index (χ0n) is 14.8. The van der Waals surface area contributed by atoms with Crippen LogP contribution in [0.25, 0.3) is 11.1 Å². The molecule has 1 N–H and O–H groups in total. The number of halogens is 2. The third-order valence-electron chi connectivity index (χ3n) is 4.39. The second-order valence-corrected chi connectivity index (χ2v) is 9.03. The molecular formula is C19H20F2N2O3S. The molecule has 3 rings (SSSR count). The molecule has 0 aliphatic carbocycles. The summed E-state index contributed by atoms with van der Waals surface area (Å²) in [7, 11) is -3.17. The second-order valence-electron chi connectivity index (χ2n) is 6.80. The van der Waals surface area contributed by atoms with E-state index in [0.29, 0.717) is 12.1 Å². The van der Waals surface area contributed by atoms with Gasteiger partial charge in [-0.05, 0) is 41.8 Å². The van der Waals surface area contributed by atoms with Crippen molar-refractivity contribution in [2.45, 2.75) is 6.92 Å². The number of sulfone groups is 1. The fourth-order valence-electron chi connectivity index (χ4n) is 3.16. The molecule has 0 saturated carbocycles. The van der Waals surface area contributed by atoms with E-state index in [1.54, 1.807) is 13.0 Å². The van der Waals surface area contributed by atoms with Crippen LogP contribution in [0.2, 0.25) is 0 Å². The number of rotatable bonds is 2. The maximum Gasteiger partial charge on any atom is 0.321 e. The lowest BCUT2D eigenvalue weighted by atomic mass is 10.0. The van der Waals surface area contributed by atoms with Crippen molar-refractivity contribution in [2.75, 3.05) is 29.9 Å². The summed E-state index contributed by atoms with van der Waals surface area (Å²) in [6.45, 7) is 2.19. The molecule has 1 fully saturated rings. The molecule has 8 heteroatoms. The highest BCUT2D eigenvalue weighted by Gasteiger charge is 2.27. The lowest BCUT2D eigenvalue weighted by molar-refractivity contribution is 0.210. The second kappa shape index (κ2) is 7.64. The topological polar surface area (TPSA) is 66.5 Å². The molecule has 1 saturated heterocycles. The maximum absolute atomic E-state index is 14.4. The van der Waals surface area contributed by atoms with Crippen LogP contribution in [0.3, 0.4) is 0 Å². The van der Waals surface area contributed by atoms with Gasteiger partial charge in [0.05, 0.1) is 11.5 Å². The van der Waals surface area contributed by atoms with Crippen LogP contribution in [0.1, 0.15) is 6.92 Å². The van der Waals surface area contributed by atoms with Crippen molar-refractivity contribution in [2.24, 2.45) is 5.92 Å². The molecule has 1 aliphatic heterocycles. The van der Waals surface area contributed by atoms with Crippen LogP contribution in [-0.2, 0) is 9.84 Å². The lowest BCUT2D eigenvalue weighted by Crippen LogP contribution is -2.38. The monoisotopic (exact) mass is 394 g/mol. The van der Waals surface area contributed by atoms with Crippen LogP contribution in [0.4, 0.5) is 19.3 Å². The highest BCUT2D eigenvalue weighted by molar-refractivity contribution is 7.91. The Morgan fingerprint density at radius 2 is 1.96 bits per heavy atom. The van der Waals surface area contributed by atoms with Gasteiger partial charge in [0, 0.05) is 24.3 Å². The van der Waals surface area contributed by atoms with E-state index in [-0.39, 0.29) is 35.2 Å². The van der Waals surface area contributed by atoms with E-state index in [0.717, 1.165) is 6.07 Å². The molecule has 1 heterocycles. The van der Waals surface area contributed by atoms with Gasteiger partial charge in [-0.2, -0.15) is 0 Å². The smallest absolute Gasteiger partial charge is 0.321 e. The molecule has 0 radical (unpaired) electrons. The van der Waals surface area contributed by atoms with Crippen molar-refractivity contribution in [3.8, 4) is 11.1 Å². The van der Waals surface area contributed by atoms with Crippen molar-refractivity contribution in [3.63, 3.8) is 0 Å². The first-order valence-electron chi connectivity index (χ1n) is 8.55. The van der Waals surface area contributed by atoms with E-state index in [1.807, 2.05) is 0 Å². The van der Waals surface area contributed by atoms with Crippen molar-refractivity contribution in [1.82, 2.24) is 4.90 Å². The summed E-state index contributed by atoms with van der Waals surface area (Å²) in [6, 6.07) is 9.28. The largest absolute Gasteiger partial charge is 0.323 e. The lowest BCUT2D eigenvalue weighted by Gasteiger charge is -2.22. The summed E-state index contributed by atoms with van der Waals surface area (Å²) < 4.78 is 51.4. The minimum absolute atomic E-state index is 0.0493. The van der Waals surface area contributed by atoms with Gasteiger partial charge in [0.15, 0.2) is 9.84 Å². The molecular weight excluding hydrogens is 374 g/mol. The Labute approximate surface area is 156 Å². The normalized spacial score (nSPS) is 19.4. The molecule has 0 spiro atoms. The molecule has 0 aromatic heterocycles. The standard InChI is InChI=1S/C19H20F2N2O3S/c1-13-11-23(7-8-27(25,26)12-13)19(24)22-16-5-6-17(18(21)10-16)14-3-2-4-15(20)9-14/h2-6,9-10,13H,7-8,11-12H2,1H3,(H,22,24). The number of amides is 2. The number of anilines is 1.